The van der Waals surface area contributed by atoms with Crippen LogP contribution in [-0.2, 0) is 10.8 Å². The van der Waals surface area contributed by atoms with Gasteiger partial charge in [0.2, 0.25) is 0 Å². The highest BCUT2D eigenvalue weighted by Crippen LogP contribution is 2.43. The Morgan fingerprint density at radius 3 is 1.29 bits per heavy atom. The second kappa shape index (κ2) is 4.76. The van der Waals surface area contributed by atoms with Crippen LogP contribution in [0.5, 0.6) is 0 Å². The van der Waals surface area contributed by atoms with Crippen molar-refractivity contribution in [1.29, 1.82) is 0 Å². The summed E-state index contributed by atoms with van der Waals surface area (Å²) in [5.41, 5.74) is 3.69. The van der Waals surface area contributed by atoms with E-state index in [0.717, 1.165) is 0 Å². The van der Waals surface area contributed by atoms with E-state index in [0.29, 0.717) is 10.8 Å². The standard InChI is InChI=1S/C16H28S/c1-9-15(5,6)13-11(3)12(4)14(17-13)16(7,8)10-2/h9-10H2,1-8H3. The summed E-state index contributed by atoms with van der Waals surface area (Å²) in [6, 6.07) is 0. The van der Waals surface area contributed by atoms with Crippen LogP contribution in [0.1, 0.15) is 75.3 Å². The Labute approximate surface area is 111 Å². The summed E-state index contributed by atoms with van der Waals surface area (Å²) in [4.78, 5) is 3.18. The highest BCUT2D eigenvalue weighted by Gasteiger charge is 2.30. The summed E-state index contributed by atoms with van der Waals surface area (Å²) >= 11 is 2.05. The number of hydrogen-bond acceptors (Lipinski definition) is 1. The van der Waals surface area contributed by atoms with Crippen LogP contribution in [0.15, 0.2) is 0 Å². The van der Waals surface area contributed by atoms with Crippen molar-refractivity contribution in [2.24, 2.45) is 0 Å². The molecule has 0 fully saturated rings. The van der Waals surface area contributed by atoms with Gasteiger partial charge in [0.05, 0.1) is 0 Å². The first-order valence-electron chi connectivity index (χ1n) is 6.78. The molecule has 0 aliphatic carbocycles. The van der Waals surface area contributed by atoms with Gasteiger partial charge in [-0.15, -0.1) is 11.3 Å². The number of thiophene rings is 1. The fourth-order valence-electron chi connectivity index (χ4n) is 2.21. The van der Waals surface area contributed by atoms with Crippen LogP contribution in [-0.4, -0.2) is 0 Å². The summed E-state index contributed by atoms with van der Waals surface area (Å²) in [6.07, 6.45) is 2.42. The van der Waals surface area contributed by atoms with Crippen LogP contribution in [0.3, 0.4) is 0 Å². The second-order valence-corrected chi connectivity index (χ2v) is 7.51. The summed E-state index contributed by atoms with van der Waals surface area (Å²) in [5, 5.41) is 0. The molecule has 0 saturated heterocycles. The van der Waals surface area contributed by atoms with E-state index in [9.17, 15) is 0 Å². The van der Waals surface area contributed by atoms with Crippen molar-refractivity contribution in [2.45, 2.75) is 79.1 Å². The van der Waals surface area contributed by atoms with Crippen LogP contribution >= 0.6 is 11.3 Å². The highest BCUT2D eigenvalue weighted by molar-refractivity contribution is 7.12. The van der Waals surface area contributed by atoms with Gasteiger partial charge in [0.15, 0.2) is 0 Å². The third-order valence-electron chi connectivity index (χ3n) is 4.44. The molecule has 1 aromatic heterocycles. The topological polar surface area (TPSA) is 0 Å². The SMILES string of the molecule is CCC(C)(C)c1sc(C(C)(C)CC)c(C)c1C. The summed E-state index contributed by atoms with van der Waals surface area (Å²) in [6.45, 7) is 18.7. The first kappa shape index (κ1) is 14.8. The van der Waals surface area contributed by atoms with Gasteiger partial charge in [-0.25, -0.2) is 0 Å². The maximum atomic E-state index is 2.37. The van der Waals surface area contributed by atoms with Gasteiger partial charge in [-0.2, -0.15) is 0 Å². The minimum Gasteiger partial charge on any atom is -0.144 e. The maximum absolute atomic E-state index is 2.37. The van der Waals surface area contributed by atoms with Crippen molar-refractivity contribution in [3.8, 4) is 0 Å². The lowest BCUT2D eigenvalue weighted by Crippen LogP contribution is -2.15. The molecule has 0 nitrogen and oxygen atoms in total. The maximum Gasteiger partial charge on any atom is 0.0136 e. The van der Waals surface area contributed by atoms with Crippen molar-refractivity contribution in [2.75, 3.05) is 0 Å². The van der Waals surface area contributed by atoms with Gasteiger partial charge in [0.1, 0.15) is 0 Å². The quantitative estimate of drug-likeness (QED) is 0.641. The Morgan fingerprint density at radius 2 is 1.06 bits per heavy atom. The van der Waals surface area contributed by atoms with E-state index in [1.54, 1.807) is 9.75 Å². The molecule has 0 bridgehead atoms. The third-order valence-corrected chi connectivity index (χ3v) is 6.57. The van der Waals surface area contributed by atoms with E-state index in [1.807, 2.05) is 11.3 Å². The summed E-state index contributed by atoms with van der Waals surface area (Å²) in [7, 11) is 0. The molecule has 0 spiro atoms. The van der Waals surface area contributed by atoms with E-state index in [4.69, 9.17) is 0 Å². The fourth-order valence-corrected chi connectivity index (χ4v) is 3.87. The zero-order chi connectivity index (χ0) is 13.4. The third kappa shape index (κ3) is 2.59. The summed E-state index contributed by atoms with van der Waals surface area (Å²) < 4.78 is 0. The molecule has 0 amide bonds. The van der Waals surface area contributed by atoms with Crippen LogP contribution in [0.4, 0.5) is 0 Å². The van der Waals surface area contributed by atoms with Crippen molar-refractivity contribution in [3.05, 3.63) is 20.9 Å². The van der Waals surface area contributed by atoms with Gasteiger partial charge in [-0.05, 0) is 48.6 Å². The van der Waals surface area contributed by atoms with Crippen molar-refractivity contribution in [1.82, 2.24) is 0 Å². The van der Waals surface area contributed by atoms with Crippen LogP contribution in [0.2, 0.25) is 0 Å². The first-order chi connectivity index (χ1) is 7.67. The molecular weight excluding hydrogens is 224 g/mol. The lowest BCUT2D eigenvalue weighted by Gasteiger charge is -2.23. The minimum absolute atomic E-state index is 0.321. The van der Waals surface area contributed by atoms with Gasteiger partial charge in [0.25, 0.3) is 0 Å². The predicted octanol–water partition coefficient (Wildman–Crippen LogP) is 5.74. The van der Waals surface area contributed by atoms with E-state index < -0.39 is 0 Å². The average molecular weight is 252 g/mol. The fraction of sp³-hybridized carbons (Fsp3) is 0.750. The average Bonchev–Trinajstić information content (AvgIpc) is 2.57. The Morgan fingerprint density at radius 1 is 0.765 bits per heavy atom. The Hall–Kier alpha value is -0.300. The molecule has 0 aliphatic heterocycles. The normalized spacial score (nSPS) is 13.2. The molecule has 1 rings (SSSR count). The van der Waals surface area contributed by atoms with Crippen molar-refractivity contribution >= 4 is 11.3 Å². The van der Waals surface area contributed by atoms with E-state index in [-0.39, 0.29) is 0 Å². The van der Waals surface area contributed by atoms with Crippen LogP contribution < -0.4 is 0 Å². The molecule has 0 aliphatic rings. The molecule has 0 unspecified atom stereocenters. The zero-order valence-corrected chi connectivity index (χ0v) is 13.6. The van der Waals surface area contributed by atoms with Crippen LogP contribution in [0.25, 0.3) is 0 Å². The van der Waals surface area contributed by atoms with Gasteiger partial charge in [-0.3, -0.25) is 0 Å². The van der Waals surface area contributed by atoms with E-state index in [2.05, 4.69) is 55.4 Å². The van der Waals surface area contributed by atoms with Gasteiger partial charge in [-0.1, -0.05) is 41.5 Å². The molecule has 0 atom stereocenters. The zero-order valence-electron chi connectivity index (χ0n) is 12.8. The van der Waals surface area contributed by atoms with Gasteiger partial charge < -0.3 is 0 Å². The van der Waals surface area contributed by atoms with Gasteiger partial charge in [0, 0.05) is 9.75 Å². The molecule has 0 saturated carbocycles. The monoisotopic (exact) mass is 252 g/mol. The molecule has 0 N–H and O–H groups in total. The molecule has 1 heterocycles. The first-order valence-corrected chi connectivity index (χ1v) is 7.60. The van der Waals surface area contributed by atoms with Crippen molar-refractivity contribution < 1.29 is 0 Å². The molecular formula is C16H28S. The Bertz CT molecular complexity index is 357. The molecule has 98 valence electrons. The highest BCUT2D eigenvalue weighted by atomic mass is 32.1. The van der Waals surface area contributed by atoms with Crippen LogP contribution in [0, 0.1) is 13.8 Å². The number of rotatable bonds is 4. The molecule has 0 aromatic carbocycles. The lowest BCUT2D eigenvalue weighted by atomic mass is 9.83. The smallest absolute Gasteiger partial charge is 0.0136 e. The van der Waals surface area contributed by atoms with Gasteiger partial charge >= 0.3 is 0 Å². The molecule has 1 heteroatoms. The largest absolute Gasteiger partial charge is 0.144 e. The van der Waals surface area contributed by atoms with E-state index >= 15 is 0 Å². The summed E-state index contributed by atoms with van der Waals surface area (Å²) in [5.74, 6) is 0. The number of hydrogen-bond donors (Lipinski definition) is 0. The lowest BCUT2D eigenvalue weighted by molar-refractivity contribution is 0.513. The molecule has 1 aromatic rings. The second-order valence-electron chi connectivity index (χ2n) is 6.49. The molecule has 0 radical (unpaired) electrons. The Kier molecular flexibility index (Phi) is 4.13. The Balaban J connectivity index is 3.36. The van der Waals surface area contributed by atoms with Crippen molar-refractivity contribution in [3.63, 3.8) is 0 Å². The molecule has 17 heavy (non-hydrogen) atoms. The van der Waals surface area contributed by atoms with E-state index in [1.165, 1.54) is 24.0 Å². The minimum atomic E-state index is 0.321. The predicted molar refractivity (Wildman–Crippen MR) is 80.4 cm³/mol.